The Labute approximate surface area is 199 Å². The van der Waals surface area contributed by atoms with Gasteiger partial charge in [0.2, 0.25) is 5.91 Å². The Morgan fingerprint density at radius 3 is 2.82 bits per heavy atom. The fraction of sp³-hybridized carbons (Fsp3) is 0.333. The molecule has 2 aliphatic rings. The smallest absolute Gasteiger partial charge is 0.352 e. The molecule has 4 amide bonds. The van der Waals surface area contributed by atoms with Crippen LogP contribution in [-0.2, 0) is 21.4 Å². The largest absolute Gasteiger partial charge is 0.477 e. The van der Waals surface area contributed by atoms with Crippen molar-refractivity contribution in [2.45, 2.75) is 22.5 Å². The van der Waals surface area contributed by atoms with Crippen molar-refractivity contribution >= 4 is 58.7 Å². The number of rotatable bonds is 8. The van der Waals surface area contributed by atoms with Crippen LogP contribution in [0.3, 0.4) is 0 Å². The minimum atomic E-state index is -1.21. The number of hydrogen-bond donors (Lipinski definition) is 4. The van der Waals surface area contributed by atoms with E-state index in [4.69, 9.17) is 5.73 Å². The highest BCUT2D eigenvalue weighted by Crippen LogP contribution is 2.41. The quantitative estimate of drug-likeness (QED) is 0.285. The maximum atomic E-state index is 12.9. The zero-order chi connectivity index (χ0) is 23.7. The van der Waals surface area contributed by atoms with Crippen LogP contribution >= 0.6 is 34.9 Å². The number of primary amides is 1. The van der Waals surface area contributed by atoms with Crippen LogP contribution in [0.5, 0.6) is 0 Å². The number of aryl methyl sites for hydroxylation is 1. The lowest BCUT2D eigenvalue weighted by Crippen LogP contribution is -2.71. The molecule has 174 valence electrons. The van der Waals surface area contributed by atoms with Gasteiger partial charge < -0.3 is 21.5 Å². The van der Waals surface area contributed by atoms with E-state index in [-0.39, 0.29) is 5.70 Å². The van der Waals surface area contributed by atoms with Gasteiger partial charge in [0.05, 0.1) is 6.20 Å². The molecule has 15 heteroatoms. The molecule has 2 aromatic rings. The highest BCUT2D eigenvalue weighted by Gasteiger charge is 2.54. The molecule has 4 rings (SSSR count). The summed E-state index contributed by atoms with van der Waals surface area (Å²) < 4.78 is 0. The van der Waals surface area contributed by atoms with Gasteiger partial charge in [0.15, 0.2) is 0 Å². The van der Waals surface area contributed by atoms with Gasteiger partial charge in [-0.2, -0.15) is 9.90 Å². The zero-order valence-electron chi connectivity index (χ0n) is 17.1. The number of aliphatic carboxylic acids is 1. The number of β-lactam (4-membered cyclic amide) rings is 1. The SMILES string of the molecule is Cn1ncc(SCC2=C(C(=O)O)N3C(=O)[C@H](NC(=O)C(NC(N)=O)c4cccs4)C3SC2)n1. The number of amides is 4. The standard InChI is InChI=1S/C18H19N7O5S3/c1-24-20-5-10(23-24)32-6-8-7-33-16-12(15(27)25(16)13(8)17(28)29)21-14(26)11(22-18(19)30)9-3-2-4-31-9/h2-5,11-12,16H,6-7H2,1H3,(H,21,26)(H,28,29)(H3,19,22,30)/t11?,12-,16?/m0/s1. The minimum Gasteiger partial charge on any atom is -0.477 e. The average molecular weight is 510 g/mol. The fourth-order valence-electron chi connectivity index (χ4n) is 3.45. The maximum absolute atomic E-state index is 12.9. The van der Waals surface area contributed by atoms with Gasteiger partial charge in [-0.3, -0.25) is 14.5 Å². The first kappa shape index (κ1) is 23.1. The van der Waals surface area contributed by atoms with Gasteiger partial charge >= 0.3 is 12.0 Å². The Balaban J connectivity index is 1.47. The van der Waals surface area contributed by atoms with E-state index in [1.54, 1.807) is 30.8 Å². The molecule has 0 spiro atoms. The second-order valence-corrected chi connectivity index (χ2v) is 10.2. The average Bonchev–Trinajstić information content (AvgIpc) is 3.45. The lowest BCUT2D eigenvalue weighted by molar-refractivity contribution is -0.150. The van der Waals surface area contributed by atoms with Gasteiger partial charge in [-0.1, -0.05) is 17.8 Å². The monoisotopic (exact) mass is 509 g/mol. The molecule has 0 aromatic carbocycles. The molecule has 5 N–H and O–H groups in total. The lowest BCUT2D eigenvalue weighted by atomic mass is 10.0. The van der Waals surface area contributed by atoms with Crippen molar-refractivity contribution in [1.29, 1.82) is 0 Å². The van der Waals surface area contributed by atoms with Crippen molar-refractivity contribution in [3.8, 4) is 0 Å². The summed E-state index contributed by atoms with van der Waals surface area (Å²) in [4.78, 5) is 52.2. The van der Waals surface area contributed by atoms with Crippen LogP contribution in [0.25, 0.3) is 0 Å². The number of hydrogen-bond acceptors (Lipinski definition) is 9. The summed E-state index contributed by atoms with van der Waals surface area (Å²) in [6.07, 6.45) is 1.58. The van der Waals surface area contributed by atoms with Gasteiger partial charge in [-0.15, -0.1) is 28.2 Å². The highest BCUT2D eigenvalue weighted by molar-refractivity contribution is 8.01. The first-order chi connectivity index (χ1) is 15.8. The summed E-state index contributed by atoms with van der Waals surface area (Å²) in [6.45, 7) is 0. The molecule has 0 radical (unpaired) electrons. The first-order valence-corrected chi connectivity index (χ1v) is 12.5. The summed E-state index contributed by atoms with van der Waals surface area (Å²) in [5.74, 6) is -1.61. The van der Waals surface area contributed by atoms with E-state index in [1.807, 2.05) is 0 Å². The Morgan fingerprint density at radius 2 is 2.21 bits per heavy atom. The normalized spacial score (nSPS) is 20.6. The van der Waals surface area contributed by atoms with E-state index in [9.17, 15) is 24.3 Å². The van der Waals surface area contributed by atoms with E-state index in [1.165, 1.54) is 44.6 Å². The second kappa shape index (κ2) is 9.44. The highest BCUT2D eigenvalue weighted by atomic mass is 32.2. The number of nitrogens with one attached hydrogen (secondary N) is 2. The number of carboxylic acids is 1. The molecule has 0 bridgehead atoms. The van der Waals surface area contributed by atoms with E-state index in [0.29, 0.717) is 27.0 Å². The number of urea groups is 1. The number of fused-ring (bicyclic) bond motifs is 1. The van der Waals surface area contributed by atoms with Crippen LogP contribution in [0.4, 0.5) is 4.79 Å². The molecule has 0 saturated carbocycles. The van der Waals surface area contributed by atoms with Crippen LogP contribution in [0, 0.1) is 0 Å². The molecule has 1 fully saturated rings. The molecule has 3 atom stereocenters. The van der Waals surface area contributed by atoms with Crippen molar-refractivity contribution in [3.05, 3.63) is 39.9 Å². The number of carboxylic acid groups (broad SMARTS) is 1. The summed E-state index contributed by atoms with van der Waals surface area (Å²) in [5.41, 5.74) is 5.71. The lowest BCUT2D eigenvalue weighted by Gasteiger charge is -2.49. The summed E-state index contributed by atoms with van der Waals surface area (Å²) in [5, 5.41) is 24.8. The van der Waals surface area contributed by atoms with Crippen molar-refractivity contribution in [2.24, 2.45) is 12.8 Å². The van der Waals surface area contributed by atoms with Crippen LogP contribution in [0.1, 0.15) is 10.9 Å². The van der Waals surface area contributed by atoms with E-state index in [0.717, 1.165) is 0 Å². The topological polar surface area (TPSA) is 173 Å². The summed E-state index contributed by atoms with van der Waals surface area (Å²) in [6, 6.07) is 0.551. The number of carbonyl (C=O) groups excluding carboxylic acids is 3. The molecule has 2 unspecified atom stereocenters. The predicted molar refractivity (Wildman–Crippen MR) is 121 cm³/mol. The van der Waals surface area contributed by atoms with Crippen LogP contribution < -0.4 is 16.4 Å². The Hall–Kier alpha value is -3.04. The molecule has 33 heavy (non-hydrogen) atoms. The number of aromatic nitrogens is 3. The number of carbonyl (C=O) groups is 4. The number of nitrogens with two attached hydrogens (primary N) is 1. The van der Waals surface area contributed by atoms with Crippen molar-refractivity contribution in [1.82, 2.24) is 30.5 Å². The van der Waals surface area contributed by atoms with Gasteiger partial charge in [0.25, 0.3) is 5.91 Å². The Morgan fingerprint density at radius 1 is 1.42 bits per heavy atom. The number of thioether (sulfide) groups is 2. The van der Waals surface area contributed by atoms with Crippen molar-refractivity contribution in [2.75, 3.05) is 11.5 Å². The van der Waals surface area contributed by atoms with Crippen LogP contribution in [0.15, 0.2) is 40.0 Å². The molecule has 0 aliphatic carbocycles. The van der Waals surface area contributed by atoms with Crippen LogP contribution in [-0.4, -0.2) is 71.7 Å². The third-order valence-electron chi connectivity index (χ3n) is 4.90. The molecule has 1 saturated heterocycles. The summed E-state index contributed by atoms with van der Waals surface area (Å²) in [7, 11) is 1.68. The molecule has 2 aliphatic heterocycles. The second-order valence-electron chi connectivity index (χ2n) is 7.07. The Kier molecular flexibility index (Phi) is 6.62. The number of nitrogens with zero attached hydrogens (tertiary/aromatic N) is 4. The van der Waals surface area contributed by atoms with Crippen molar-refractivity contribution < 1.29 is 24.3 Å². The van der Waals surface area contributed by atoms with Gasteiger partial charge in [0.1, 0.15) is 28.2 Å². The Bertz CT molecular complexity index is 1130. The van der Waals surface area contributed by atoms with Gasteiger partial charge in [-0.25, -0.2) is 9.59 Å². The molecule has 2 aromatic heterocycles. The van der Waals surface area contributed by atoms with Gasteiger partial charge in [-0.05, 0) is 17.0 Å². The minimum absolute atomic E-state index is 0.0734. The predicted octanol–water partition coefficient (Wildman–Crippen LogP) is 0.117. The number of thiophene rings is 1. The molecule has 4 heterocycles. The fourth-order valence-corrected chi connectivity index (χ4v) is 6.56. The van der Waals surface area contributed by atoms with E-state index < -0.39 is 41.3 Å². The molecular weight excluding hydrogens is 490 g/mol. The van der Waals surface area contributed by atoms with E-state index >= 15 is 0 Å². The zero-order valence-corrected chi connectivity index (χ0v) is 19.6. The van der Waals surface area contributed by atoms with Crippen LogP contribution in [0.2, 0.25) is 0 Å². The third-order valence-corrected chi connectivity index (χ3v) is 8.15. The van der Waals surface area contributed by atoms with E-state index in [2.05, 4.69) is 20.8 Å². The third kappa shape index (κ3) is 4.69. The first-order valence-electron chi connectivity index (χ1n) is 9.55. The molecular formula is C18H19N7O5S3. The summed E-state index contributed by atoms with van der Waals surface area (Å²) >= 11 is 3.95. The molecule has 12 nitrogen and oxygen atoms in total. The van der Waals surface area contributed by atoms with Gasteiger partial charge in [0, 0.05) is 23.4 Å². The maximum Gasteiger partial charge on any atom is 0.352 e. The van der Waals surface area contributed by atoms with Crippen molar-refractivity contribution in [3.63, 3.8) is 0 Å².